The van der Waals surface area contributed by atoms with Crippen molar-refractivity contribution < 1.29 is 9.59 Å². The van der Waals surface area contributed by atoms with Crippen LogP contribution in [0.25, 0.3) is 0 Å². The molecular formula is C17H22N4O2S. The molecule has 1 aliphatic heterocycles. The van der Waals surface area contributed by atoms with E-state index in [2.05, 4.69) is 17.3 Å². The SMILES string of the molecule is CN1CCCN(C(=O)c2ccccc2NC(=O)CSCC#N)CC1. The second-order valence-corrected chi connectivity index (χ2v) is 6.68. The lowest BCUT2D eigenvalue weighted by Crippen LogP contribution is -2.35. The van der Waals surface area contributed by atoms with Crippen LogP contribution in [0.3, 0.4) is 0 Å². The second kappa shape index (κ2) is 9.30. The third-order valence-electron chi connectivity index (χ3n) is 3.84. The van der Waals surface area contributed by atoms with Crippen LogP contribution in [-0.2, 0) is 4.79 Å². The standard InChI is InChI=1S/C17H22N4O2S/c1-20-8-4-9-21(11-10-20)17(23)14-5-2-3-6-15(14)19-16(22)13-24-12-7-18/h2-3,5-6H,4,8-13H2,1H3,(H,19,22). The Balaban J connectivity index is 2.06. The fourth-order valence-electron chi connectivity index (χ4n) is 2.57. The highest BCUT2D eigenvalue weighted by molar-refractivity contribution is 8.00. The number of carbonyl (C=O) groups is 2. The van der Waals surface area contributed by atoms with Crippen LogP contribution >= 0.6 is 11.8 Å². The Morgan fingerprint density at radius 1 is 1.25 bits per heavy atom. The van der Waals surface area contributed by atoms with Gasteiger partial charge < -0.3 is 15.1 Å². The van der Waals surface area contributed by atoms with Crippen molar-refractivity contribution >= 4 is 29.3 Å². The van der Waals surface area contributed by atoms with Crippen molar-refractivity contribution in [2.45, 2.75) is 6.42 Å². The molecule has 6 nitrogen and oxygen atoms in total. The lowest BCUT2D eigenvalue weighted by atomic mass is 10.1. The minimum absolute atomic E-state index is 0.0501. The van der Waals surface area contributed by atoms with Crippen LogP contribution in [0.1, 0.15) is 16.8 Å². The van der Waals surface area contributed by atoms with E-state index >= 15 is 0 Å². The molecular weight excluding hydrogens is 324 g/mol. The molecule has 0 atom stereocenters. The largest absolute Gasteiger partial charge is 0.337 e. The molecule has 1 heterocycles. The van der Waals surface area contributed by atoms with E-state index in [1.807, 2.05) is 11.0 Å². The number of benzene rings is 1. The summed E-state index contributed by atoms with van der Waals surface area (Å²) in [7, 11) is 2.06. The van der Waals surface area contributed by atoms with Crippen LogP contribution in [0, 0.1) is 11.3 Å². The number of carbonyl (C=O) groups excluding carboxylic acids is 2. The van der Waals surface area contributed by atoms with Crippen LogP contribution in [0.5, 0.6) is 0 Å². The molecule has 1 saturated heterocycles. The molecule has 0 spiro atoms. The first-order valence-corrected chi connectivity index (χ1v) is 9.08. The van der Waals surface area contributed by atoms with Gasteiger partial charge in [-0.25, -0.2) is 0 Å². The van der Waals surface area contributed by atoms with Gasteiger partial charge in [-0.1, -0.05) is 12.1 Å². The van der Waals surface area contributed by atoms with Crippen LogP contribution in [-0.4, -0.2) is 66.3 Å². The Kier molecular flexibility index (Phi) is 7.09. The fraction of sp³-hybridized carbons (Fsp3) is 0.471. The maximum absolute atomic E-state index is 12.8. The van der Waals surface area contributed by atoms with Gasteiger partial charge in [0.1, 0.15) is 0 Å². The number of rotatable bonds is 5. The van der Waals surface area contributed by atoms with Gasteiger partial charge in [-0.3, -0.25) is 9.59 Å². The molecule has 128 valence electrons. The molecule has 1 fully saturated rings. The van der Waals surface area contributed by atoms with Gasteiger partial charge in [0, 0.05) is 19.6 Å². The molecule has 2 rings (SSSR count). The first-order chi connectivity index (χ1) is 11.6. The van der Waals surface area contributed by atoms with Gasteiger partial charge >= 0.3 is 0 Å². The van der Waals surface area contributed by atoms with Crippen molar-refractivity contribution in [1.82, 2.24) is 9.80 Å². The second-order valence-electron chi connectivity index (χ2n) is 5.69. The molecule has 1 aromatic carbocycles. The van der Waals surface area contributed by atoms with Gasteiger partial charge in [-0.15, -0.1) is 11.8 Å². The van der Waals surface area contributed by atoms with Gasteiger partial charge in [-0.2, -0.15) is 5.26 Å². The number of para-hydroxylation sites is 1. The summed E-state index contributed by atoms with van der Waals surface area (Å²) in [6.45, 7) is 3.25. The number of nitriles is 1. The predicted octanol–water partition coefficient (Wildman–Crippen LogP) is 1.66. The zero-order valence-corrected chi connectivity index (χ0v) is 14.6. The van der Waals surface area contributed by atoms with E-state index < -0.39 is 0 Å². The van der Waals surface area contributed by atoms with Gasteiger partial charge in [0.2, 0.25) is 5.91 Å². The Labute approximate surface area is 146 Å². The third-order valence-corrected chi connectivity index (χ3v) is 4.64. The van der Waals surface area contributed by atoms with Gasteiger partial charge in [-0.05, 0) is 32.1 Å². The molecule has 1 N–H and O–H groups in total. The summed E-state index contributed by atoms with van der Waals surface area (Å²) in [6.07, 6.45) is 0.946. The molecule has 1 aliphatic rings. The summed E-state index contributed by atoms with van der Waals surface area (Å²) < 4.78 is 0. The summed E-state index contributed by atoms with van der Waals surface area (Å²) in [5.41, 5.74) is 1.04. The number of anilines is 1. The van der Waals surface area contributed by atoms with Crippen molar-refractivity contribution in [3.05, 3.63) is 29.8 Å². The van der Waals surface area contributed by atoms with Gasteiger partial charge in [0.15, 0.2) is 0 Å². The predicted molar refractivity (Wildman–Crippen MR) is 96.0 cm³/mol. The molecule has 0 unspecified atom stereocenters. The van der Waals surface area contributed by atoms with Gasteiger partial charge in [0.05, 0.1) is 28.8 Å². The minimum Gasteiger partial charge on any atom is -0.337 e. The van der Waals surface area contributed by atoms with Crippen molar-refractivity contribution in [3.63, 3.8) is 0 Å². The van der Waals surface area contributed by atoms with E-state index in [1.165, 1.54) is 11.8 Å². The average molecular weight is 346 g/mol. The summed E-state index contributed by atoms with van der Waals surface area (Å²) in [5.74, 6) is 0.219. The highest BCUT2D eigenvalue weighted by Crippen LogP contribution is 2.19. The third kappa shape index (κ3) is 5.25. The molecule has 0 aromatic heterocycles. The zero-order valence-electron chi connectivity index (χ0n) is 13.8. The number of nitrogens with zero attached hydrogens (tertiary/aromatic N) is 3. The maximum atomic E-state index is 12.8. The highest BCUT2D eigenvalue weighted by atomic mass is 32.2. The smallest absolute Gasteiger partial charge is 0.256 e. The number of hydrogen-bond donors (Lipinski definition) is 1. The lowest BCUT2D eigenvalue weighted by Gasteiger charge is -2.22. The minimum atomic E-state index is -0.203. The van der Waals surface area contributed by atoms with Crippen LogP contribution < -0.4 is 5.32 Å². The summed E-state index contributed by atoms with van der Waals surface area (Å²) in [5, 5.41) is 11.3. The summed E-state index contributed by atoms with van der Waals surface area (Å²) in [4.78, 5) is 28.9. The van der Waals surface area contributed by atoms with Gasteiger partial charge in [0.25, 0.3) is 5.91 Å². The van der Waals surface area contributed by atoms with Crippen LogP contribution in [0.15, 0.2) is 24.3 Å². The maximum Gasteiger partial charge on any atom is 0.256 e. The normalized spacial score (nSPS) is 15.4. The van der Waals surface area contributed by atoms with E-state index in [0.29, 0.717) is 17.8 Å². The number of hydrogen-bond acceptors (Lipinski definition) is 5. The van der Waals surface area contributed by atoms with E-state index in [0.717, 1.165) is 26.1 Å². The Morgan fingerprint density at radius 3 is 2.83 bits per heavy atom. The quantitative estimate of drug-likeness (QED) is 0.821. The summed E-state index contributed by atoms with van der Waals surface area (Å²) >= 11 is 1.25. The molecule has 2 amide bonds. The number of likely N-dealkylation sites (N-methyl/N-ethyl adjacent to an activating group) is 1. The lowest BCUT2D eigenvalue weighted by molar-refractivity contribution is -0.113. The molecule has 0 saturated carbocycles. The number of nitrogens with one attached hydrogen (secondary N) is 1. The van der Waals surface area contributed by atoms with Crippen molar-refractivity contribution in [2.24, 2.45) is 0 Å². The van der Waals surface area contributed by atoms with E-state index in [-0.39, 0.29) is 23.3 Å². The number of amides is 2. The molecule has 0 aliphatic carbocycles. The topological polar surface area (TPSA) is 76.4 Å². The number of thioether (sulfide) groups is 1. The highest BCUT2D eigenvalue weighted by Gasteiger charge is 2.21. The van der Waals surface area contributed by atoms with Crippen molar-refractivity contribution in [1.29, 1.82) is 5.26 Å². The Morgan fingerprint density at radius 2 is 2.04 bits per heavy atom. The van der Waals surface area contributed by atoms with Crippen LogP contribution in [0.2, 0.25) is 0 Å². The first-order valence-electron chi connectivity index (χ1n) is 7.93. The molecule has 7 heteroatoms. The Bertz CT molecular complexity index is 629. The molecule has 0 bridgehead atoms. The first kappa shape index (κ1) is 18.3. The van der Waals surface area contributed by atoms with Crippen molar-refractivity contribution in [3.8, 4) is 6.07 Å². The van der Waals surface area contributed by atoms with Crippen LogP contribution in [0.4, 0.5) is 5.69 Å². The monoisotopic (exact) mass is 346 g/mol. The zero-order chi connectivity index (χ0) is 17.4. The molecule has 0 radical (unpaired) electrons. The van der Waals surface area contributed by atoms with Crippen molar-refractivity contribution in [2.75, 3.05) is 50.0 Å². The molecule has 24 heavy (non-hydrogen) atoms. The van der Waals surface area contributed by atoms with E-state index in [1.54, 1.807) is 24.3 Å². The van der Waals surface area contributed by atoms with E-state index in [4.69, 9.17) is 5.26 Å². The fourth-order valence-corrected chi connectivity index (χ4v) is 3.03. The van der Waals surface area contributed by atoms with E-state index in [9.17, 15) is 9.59 Å². The summed E-state index contributed by atoms with van der Waals surface area (Å²) in [6, 6.07) is 9.07. The molecule has 1 aromatic rings. The Hall–Kier alpha value is -2.04. The average Bonchev–Trinajstić information content (AvgIpc) is 2.79.